The van der Waals surface area contributed by atoms with Crippen LogP contribution < -0.4 is 0 Å². The number of amides is 2. The molecule has 0 spiro atoms. The van der Waals surface area contributed by atoms with Gasteiger partial charge in [-0.1, -0.05) is 0 Å². The van der Waals surface area contributed by atoms with Crippen LogP contribution in [0.25, 0.3) is 0 Å². The van der Waals surface area contributed by atoms with Gasteiger partial charge >= 0.3 is 6.09 Å². The van der Waals surface area contributed by atoms with Gasteiger partial charge in [0.2, 0.25) is 13.9 Å². The maximum Gasteiger partial charge on any atom is 0.449 e. The van der Waals surface area contributed by atoms with Crippen LogP contribution in [0.15, 0.2) is 4.91 Å². The fourth-order valence-corrected chi connectivity index (χ4v) is 3.69. The summed E-state index contributed by atoms with van der Waals surface area (Å²) in [6.45, 7) is 0. The van der Waals surface area contributed by atoms with Crippen molar-refractivity contribution in [1.29, 1.82) is 0 Å². The third-order valence-corrected chi connectivity index (χ3v) is 5.16. The zero-order valence-corrected chi connectivity index (χ0v) is 9.43. The zero-order chi connectivity index (χ0) is 10.9. The fourth-order valence-electron chi connectivity index (χ4n) is 1.28. The summed E-state index contributed by atoms with van der Waals surface area (Å²) in [6, 6.07) is 0. The predicted octanol–water partition coefficient (Wildman–Crippen LogP) is 0.579. The molecule has 0 fully saturated rings. The SMILES string of the molecule is CN(C)P1(N(C)C)=NOC(=O)N1C=O. The van der Waals surface area contributed by atoms with Crippen molar-refractivity contribution in [2.24, 2.45) is 4.91 Å². The molecule has 0 aromatic heterocycles. The van der Waals surface area contributed by atoms with Crippen molar-refractivity contribution >= 4 is 20.0 Å². The number of imide groups is 1. The lowest BCUT2D eigenvalue weighted by Crippen LogP contribution is -2.33. The average Bonchev–Trinajstić information content (AvgIpc) is 2.43. The van der Waals surface area contributed by atoms with E-state index in [0.29, 0.717) is 6.41 Å². The number of carbonyl (C=O) groups excluding carboxylic acids is 2. The highest BCUT2D eigenvalue weighted by molar-refractivity contribution is 7.60. The molecule has 1 aliphatic heterocycles. The van der Waals surface area contributed by atoms with Crippen LogP contribution in [0.5, 0.6) is 0 Å². The monoisotopic (exact) mass is 220 g/mol. The smallest absolute Gasteiger partial charge is 0.294 e. The quantitative estimate of drug-likeness (QED) is 0.514. The highest BCUT2D eigenvalue weighted by Crippen LogP contribution is 2.59. The Morgan fingerprint density at radius 1 is 1.36 bits per heavy atom. The minimum Gasteiger partial charge on any atom is -0.294 e. The molecule has 80 valence electrons. The molecule has 0 aromatic rings. The topological polar surface area (TPSA) is 65.5 Å². The Bertz CT molecular complexity index is 302. The van der Waals surface area contributed by atoms with Crippen LogP contribution in [0.2, 0.25) is 0 Å². The van der Waals surface area contributed by atoms with E-state index in [1.54, 1.807) is 37.5 Å². The molecule has 2 amide bonds. The summed E-state index contributed by atoms with van der Waals surface area (Å²) in [5, 5.41) is 0. The van der Waals surface area contributed by atoms with Crippen LogP contribution in [0, 0.1) is 0 Å². The van der Waals surface area contributed by atoms with Gasteiger partial charge in [0, 0.05) is 0 Å². The second-order valence-electron chi connectivity index (χ2n) is 3.12. The van der Waals surface area contributed by atoms with E-state index in [0.717, 1.165) is 4.67 Å². The van der Waals surface area contributed by atoms with Crippen LogP contribution in [-0.2, 0) is 9.63 Å². The largest absolute Gasteiger partial charge is 0.449 e. The van der Waals surface area contributed by atoms with Crippen LogP contribution in [0.4, 0.5) is 4.79 Å². The molecule has 0 saturated carbocycles. The lowest BCUT2D eigenvalue weighted by molar-refractivity contribution is -0.113. The maximum absolute atomic E-state index is 11.2. The Kier molecular flexibility index (Phi) is 2.94. The lowest BCUT2D eigenvalue weighted by atomic mass is 11.1. The van der Waals surface area contributed by atoms with Crippen molar-refractivity contribution in [3.8, 4) is 0 Å². The number of hydrogen-bond donors (Lipinski definition) is 0. The summed E-state index contributed by atoms with van der Waals surface area (Å²) in [5.74, 6) is 0. The standard InChI is InChI=1S/C6H13N4O3P/c1-8(2)14(9(3)4)7-13-6(12)10(14)5-11/h5H,1-4H3. The van der Waals surface area contributed by atoms with E-state index in [4.69, 9.17) is 0 Å². The molecule has 1 heterocycles. The summed E-state index contributed by atoms with van der Waals surface area (Å²) >= 11 is 0. The minimum absolute atomic E-state index is 0.451. The first-order valence-electron chi connectivity index (χ1n) is 3.90. The van der Waals surface area contributed by atoms with Crippen molar-refractivity contribution in [2.45, 2.75) is 0 Å². The van der Waals surface area contributed by atoms with Gasteiger partial charge in [-0.15, -0.1) is 0 Å². The molecule has 0 bridgehead atoms. The molecule has 0 atom stereocenters. The molecule has 0 radical (unpaired) electrons. The van der Waals surface area contributed by atoms with Crippen molar-refractivity contribution in [1.82, 2.24) is 14.0 Å². The Balaban J connectivity index is 3.23. The highest BCUT2D eigenvalue weighted by Gasteiger charge is 2.44. The van der Waals surface area contributed by atoms with Gasteiger partial charge in [0.1, 0.15) is 0 Å². The molecule has 8 heteroatoms. The summed E-state index contributed by atoms with van der Waals surface area (Å²) in [6.07, 6.45) is -0.275. The first kappa shape index (κ1) is 11.2. The number of nitrogens with zero attached hydrogens (tertiary/aromatic N) is 4. The molecular weight excluding hydrogens is 207 g/mol. The average molecular weight is 220 g/mol. The molecule has 0 aromatic carbocycles. The summed E-state index contributed by atoms with van der Waals surface area (Å²) < 4.78 is 4.42. The Morgan fingerprint density at radius 3 is 2.14 bits per heavy atom. The minimum atomic E-state index is -2.47. The Morgan fingerprint density at radius 2 is 1.86 bits per heavy atom. The van der Waals surface area contributed by atoms with Gasteiger partial charge in [-0.05, 0) is 33.1 Å². The predicted molar refractivity (Wildman–Crippen MR) is 51.1 cm³/mol. The second-order valence-corrected chi connectivity index (χ2v) is 6.39. The summed E-state index contributed by atoms with van der Waals surface area (Å²) in [4.78, 5) is 30.3. The van der Waals surface area contributed by atoms with Gasteiger partial charge in [0.15, 0.2) is 0 Å². The van der Waals surface area contributed by atoms with E-state index < -0.39 is 13.6 Å². The Hall–Kier alpha value is -0.910. The highest BCUT2D eigenvalue weighted by atomic mass is 31.2. The van der Waals surface area contributed by atoms with Crippen molar-refractivity contribution < 1.29 is 14.4 Å². The summed E-state index contributed by atoms with van der Waals surface area (Å²) in [7, 11) is 4.51. The molecule has 1 rings (SSSR count). The third kappa shape index (κ3) is 1.33. The molecule has 7 nitrogen and oxygen atoms in total. The van der Waals surface area contributed by atoms with Crippen molar-refractivity contribution in [3.63, 3.8) is 0 Å². The van der Waals surface area contributed by atoms with Crippen molar-refractivity contribution in [2.75, 3.05) is 28.2 Å². The van der Waals surface area contributed by atoms with Crippen LogP contribution in [-0.4, -0.2) is 54.7 Å². The van der Waals surface area contributed by atoms with Crippen LogP contribution >= 0.6 is 7.51 Å². The van der Waals surface area contributed by atoms with E-state index in [2.05, 4.69) is 9.75 Å². The molecule has 0 aliphatic carbocycles. The van der Waals surface area contributed by atoms with Crippen LogP contribution in [0.3, 0.4) is 0 Å². The molecule has 1 aliphatic rings. The van der Waals surface area contributed by atoms with E-state index in [1.165, 1.54) is 0 Å². The molecule has 0 saturated heterocycles. The van der Waals surface area contributed by atoms with Gasteiger partial charge in [-0.3, -0.25) is 9.63 Å². The van der Waals surface area contributed by atoms with Gasteiger partial charge in [-0.2, -0.15) is 4.67 Å². The molecule has 0 N–H and O–H groups in total. The van der Waals surface area contributed by atoms with E-state index in [1.807, 2.05) is 0 Å². The van der Waals surface area contributed by atoms with Gasteiger partial charge < -0.3 is 0 Å². The normalized spacial score (nSPS) is 19.9. The number of rotatable bonds is 3. The zero-order valence-electron chi connectivity index (χ0n) is 8.54. The second kappa shape index (κ2) is 3.68. The molecule has 0 unspecified atom stereocenters. The number of hydrogen-bond acceptors (Lipinski definition) is 6. The van der Waals surface area contributed by atoms with Gasteiger partial charge in [0.25, 0.3) is 0 Å². The fraction of sp³-hybridized carbons (Fsp3) is 0.667. The van der Waals surface area contributed by atoms with Crippen molar-refractivity contribution in [3.05, 3.63) is 0 Å². The molecular formula is C6H13N4O3P. The van der Waals surface area contributed by atoms with E-state index in [9.17, 15) is 9.59 Å². The molecule has 14 heavy (non-hydrogen) atoms. The van der Waals surface area contributed by atoms with Gasteiger partial charge in [-0.25, -0.2) is 14.1 Å². The first-order valence-corrected chi connectivity index (χ1v) is 5.50. The third-order valence-electron chi connectivity index (χ3n) is 1.88. The van der Waals surface area contributed by atoms with E-state index in [-0.39, 0.29) is 0 Å². The Labute approximate surface area is 82.4 Å². The maximum atomic E-state index is 11.2. The lowest BCUT2D eigenvalue weighted by Gasteiger charge is -2.34. The number of carbonyl (C=O) groups is 2. The first-order chi connectivity index (χ1) is 6.46. The van der Waals surface area contributed by atoms with Gasteiger partial charge in [0.05, 0.1) is 0 Å². The summed E-state index contributed by atoms with van der Waals surface area (Å²) in [5.41, 5.74) is 0. The van der Waals surface area contributed by atoms with Crippen LogP contribution in [0.1, 0.15) is 0 Å². The van der Waals surface area contributed by atoms with E-state index >= 15 is 0 Å².